The summed E-state index contributed by atoms with van der Waals surface area (Å²) < 4.78 is 19.4. The first-order chi connectivity index (χ1) is 9.43. The molecule has 0 aliphatic rings. The van der Waals surface area contributed by atoms with E-state index in [1.807, 2.05) is 39.0 Å². The minimum Gasteiger partial charge on any atom is -0.496 e. The third-order valence-corrected chi connectivity index (χ3v) is 3.49. The lowest BCUT2D eigenvalue weighted by Crippen LogP contribution is -2.05. The second-order valence-corrected chi connectivity index (χ2v) is 5.17. The summed E-state index contributed by atoms with van der Waals surface area (Å²) in [5.74, 6) is 0.607. The molecule has 0 aromatic heterocycles. The highest BCUT2D eigenvalue weighted by Gasteiger charge is 2.12. The van der Waals surface area contributed by atoms with Gasteiger partial charge in [-0.15, -0.1) is 0 Å². The van der Waals surface area contributed by atoms with Crippen LogP contribution < -0.4 is 10.5 Å². The van der Waals surface area contributed by atoms with Crippen molar-refractivity contribution < 1.29 is 9.13 Å². The Morgan fingerprint density at radius 2 is 1.70 bits per heavy atom. The topological polar surface area (TPSA) is 35.2 Å². The normalized spacial score (nSPS) is 12.3. The van der Waals surface area contributed by atoms with Gasteiger partial charge in [-0.1, -0.05) is 6.07 Å². The van der Waals surface area contributed by atoms with Gasteiger partial charge in [0.15, 0.2) is 0 Å². The number of aryl methyl sites for hydroxylation is 2. The Morgan fingerprint density at radius 1 is 1.10 bits per heavy atom. The van der Waals surface area contributed by atoms with E-state index in [-0.39, 0.29) is 11.9 Å². The monoisotopic (exact) mass is 273 g/mol. The maximum Gasteiger partial charge on any atom is 0.131 e. The third kappa shape index (κ3) is 2.68. The maximum atomic E-state index is 14.1. The molecule has 0 bridgehead atoms. The van der Waals surface area contributed by atoms with Crippen LogP contribution in [0.1, 0.15) is 29.7 Å². The van der Waals surface area contributed by atoms with Gasteiger partial charge in [0.1, 0.15) is 11.6 Å². The highest BCUT2D eigenvalue weighted by Crippen LogP contribution is 2.32. The van der Waals surface area contributed by atoms with E-state index in [0.29, 0.717) is 5.56 Å². The van der Waals surface area contributed by atoms with Crippen molar-refractivity contribution in [3.8, 4) is 16.9 Å². The fourth-order valence-corrected chi connectivity index (χ4v) is 2.48. The highest BCUT2D eigenvalue weighted by molar-refractivity contribution is 5.68. The van der Waals surface area contributed by atoms with E-state index in [4.69, 9.17) is 10.5 Å². The van der Waals surface area contributed by atoms with Crippen molar-refractivity contribution in [3.05, 3.63) is 52.8 Å². The van der Waals surface area contributed by atoms with E-state index in [2.05, 4.69) is 0 Å². The molecular weight excluding hydrogens is 253 g/mol. The summed E-state index contributed by atoms with van der Waals surface area (Å²) in [5, 5.41) is 0. The summed E-state index contributed by atoms with van der Waals surface area (Å²) in [6.07, 6.45) is 0. The van der Waals surface area contributed by atoms with Crippen LogP contribution in [0.15, 0.2) is 30.3 Å². The van der Waals surface area contributed by atoms with Gasteiger partial charge in [-0.2, -0.15) is 0 Å². The van der Waals surface area contributed by atoms with Crippen LogP contribution in [0.5, 0.6) is 5.75 Å². The van der Waals surface area contributed by atoms with Crippen LogP contribution in [-0.4, -0.2) is 7.11 Å². The second kappa shape index (κ2) is 5.63. The Balaban J connectivity index is 2.59. The van der Waals surface area contributed by atoms with Crippen LogP contribution in [0.3, 0.4) is 0 Å². The third-order valence-electron chi connectivity index (χ3n) is 3.49. The van der Waals surface area contributed by atoms with Crippen LogP contribution in [0.4, 0.5) is 4.39 Å². The van der Waals surface area contributed by atoms with Gasteiger partial charge in [0.2, 0.25) is 0 Å². The Morgan fingerprint density at radius 3 is 2.20 bits per heavy atom. The zero-order valence-electron chi connectivity index (χ0n) is 12.3. The van der Waals surface area contributed by atoms with Gasteiger partial charge >= 0.3 is 0 Å². The molecule has 0 saturated heterocycles. The van der Waals surface area contributed by atoms with Crippen LogP contribution in [0, 0.1) is 19.7 Å². The molecule has 3 heteroatoms. The van der Waals surface area contributed by atoms with Crippen molar-refractivity contribution in [2.75, 3.05) is 7.11 Å². The van der Waals surface area contributed by atoms with Gasteiger partial charge in [-0.3, -0.25) is 0 Å². The fraction of sp³-hybridized carbons (Fsp3) is 0.294. The van der Waals surface area contributed by atoms with Crippen molar-refractivity contribution in [1.82, 2.24) is 0 Å². The molecule has 0 aliphatic carbocycles. The predicted octanol–water partition coefficient (Wildman–Crippen LogP) is 4.14. The molecule has 2 aromatic rings. The number of hydrogen-bond acceptors (Lipinski definition) is 2. The molecule has 2 nitrogen and oxygen atoms in total. The molecule has 0 aliphatic heterocycles. The van der Waals surface area contributed by atoms with E-state index >= 15 is 0 Å². The van der Waals surface area contributed by atoms with E-state index in [1.165, 1.54) is 6.07 Å². The summed E-state index contributed by atoms with van der Waals surface area (Å²) in [6, 6.07) is 8.79. The number of rotatable bonds is 3. The fourth-order valence-electron chi connectivity index (χ4n) is 2.48. The molecule has 0 spiro atoms. The lowest BCUT2D eigenvalue weighted by atomic mass is 9.96. The summed E-state index contributed by atoms with van der Waals surface area (Å²) in [4.78, 5) is 0. The SMILES string of the molecule is COc1c(C)cc(-c2cc(C(C)N)ccc2F)cc1C. The molecule has 2 rings (SSSR count). The van der Waals surface area contributed by atoms with Crippen LogP contribution in [-0.2, 0) is 0 Å². The zero-order valence-corrected chi connectivity index (χ0v) is 12.3. The number of nitrogens with two attached hydrogens (primary N) is 1. The van der Waals surface area contributed by atoms with E-state index < -0.39 is 0 Å². The van der Waals surface area contributed by atoms with E-state index in [0.717, 1.165) is 28.0 Å². The quantitative estimate of drug-likeness (QED) is 0.912. The molecule has 0 saturated carbocycles. The van der Waals surface area contributed by atoms with Crippen LogP contribution >= 0.6 is 0 Å². The minimum atomic E-state index is -0.238. The number of ether oxygens (including phenoxy) is 1. The first kappa shape index (κ1) is 14.5. The number of halogens is 1. The molecule has 2 aromatic carbocycles. The van der Waals surface area contributed by atoms with Gasteiger partial charge in [-0.05, 0) is 67.3 Å². The van der Waals surface area contributed by atoms with Crippen molar-refractivity contribution in [1.29, 1.82) is 0 Å². The number of benzene rings is 2. The average molecular weight is 273 g/mol. The lowest BCUT2D eigenvalue weighted by Gasteiger charge is -2.14. The Hall–Kier alpha value is -1.87. The lowest BCUT2D eigenvalue weighted by molar-refractivity contribution is 0.408. The molecule has 0 fully saturated rings. The standard InChI is InChI=1S/C17H20FNO/c1-10-7-14(8-11(2)17(10)20-4)15-9-13(12(3)19)5-6-16(15)18/h5-9,12H,19H2,1-4H3. The van der Waals surface area contributed by atoms with Gasteiger partial charge < -0.3 is 10.5 Å². The molecule has 2 N–H and O–H groups in total. The Kier molecular flexibility index (Phi) is 4.09. The Bertz CT molecular complexity index is 612. The van der Waals surface area contributed by atoms with Gasteiger partial charge in [-0.25, -0.2) is 4.39 Å². The van der Waals surface area contributed by atoms with Crippen LogP contribution in [0.2, 0.25) is 0 Å². The van der Waals surface area contributed by atoms with E-state index in [1.54, 1.807) is 13.2 Å². The molecule has 0 radical (unpaired) electrons. The molecule has 0 amide bonds. The summed E-state index contributed by atoms with van der Waals surface area (Å²) >= 11 is 0. The summed E-state index contributed by atoms with van der Waals surface area (Å²) in [5.41, 5.74) is 10.2. The van der Waals surface area contributed by atoms with Crippen LogP contribution in [0.25, 0.3) is 11.1 Å². The first-order valence-corrected chi connectivity index (χ1v) is 6.64. The molecule has 1 atom stereocenters. The smallest absolute Gasteiger partial charge is 0.131 e. The van der Waals surface area contributed by atoms with Crippen molar-refractivity contribution in [3.63, 3.8) is 0 Å². The molecule has 20 heavy (non-hydrogen) atoms. The number of hydrogen-bond donors (Lipinski definition) is 1. The highest BCUT2D eigenvalue weighted by atomic mass is 19.1. The largest absolute Gasteiger partial charge is 0.496 e. The maximum absolute atomic E-state index is 14.1. The predicted molar refractivity (Wildman–Crippen MR) is 80.5 cm³/mol. The second-order valence-electron chi connectivity index (χ2n) is 5.17. The summed E-state index contributed by atoms with van der Waals surface area (Å²) in [6.45, 7) is 5.81. The molecule has 1 unspecified atom stereocenters. The minimum absolute atomic E-state index is 0.116. The zero-order chi connectivity index (χ0) is 14.9. The molecular formula is C17H20FNO. The average Bonchev–Trinajstić information content (AvgIpc) is 2.38. The first-order valence-electron chi connectivity index (χ1n) is 6.64. The van der Waals surface area contributed by atoms with Crippen molar-refractivity contribution >= 4 is 0 Å². The van der Waals surface area contributed by atoms with Gasteiger partial charge in [0, 0.05) is 11.6 Å². The number of methoxy groups -OCH3 is 1. The molecule has 106 valence electrons. The van der Waals surface area contributed by atoms with Crippen molar-refractivity contribution in [2.45, 2.75) is 26.8 Å². The molecule has 0 heterocycles. The van der Waals surface area contributed by atoms with Crippen molar-refractivity contribution in [2.24, 2.45) is 5.73 Å². The van der Waals surface area contributed by atoms with Gasteiger partial charge in [0.05, 0.1) is 7.11 Å². The Labute approximate surface area is 119 Å². The van der Waals surface area contributed by atoms with E-state index in [9.17, 15) is 4.39 Å². The van der Waals surface area contributed by atoms with Gasteiger partial charge in [0.25, 0.3) is 0 Å². The summed E-state index contributed by atoms with van der Waals surface area (Å²) in [7, 11) is 1.65.